The molecule has 2 N–H and O–H groups in total. The molecule has 1 aromatic carbocycles. The lowest BCUT2D eigenvalue weighted by Gasteiger charge is -2.36. The van der Waals surface area contributed by atoms with Gasteiger partial charge in [-0.3, -0.25) is 4.99 Å². The first kappa shape index (κ1) is 15.2. The number of rotatable bonds is 2. The van der Waals surface area contributed by atoms with Crippen LogP contribution in [-0.4, -0.2) is 18.5 Å². The molecule has 5 heteroatoms. The van der Waals surface area contributed by atoms with Crippen LogP contribution in [0.4, 0.5) is 5.69 Å². The molecule has 0 spiro atoms. The van der Waals surface area contributed by atoms with Crippen LogP contribution in [0, 0.1) is 11.8 Å². The van der Waals surface area contributed by atoms with Crippen LogP contribution in [0.15, 0.2) is 27.7 Å². The molecule has 1 fully saturated rings. The first-order chi connectivity index (χ1) is 10.1. The van der Waals surface area contributed by atoms with Crippen LogP contribution >= 0.6 is 27.5 Å². The molecule has 114 valence electrons. The van der Waals surface area contributed by atoms with Gasteiger partial charge in [0.25, 0.3) is 0 Å². The molecule has 0 amide bonds. The van der Waals surface area contributed by atoms with Crippen LogP contribution in [0.1, 0.15) is 32.6 Å². The van der Waals surface area contributed by atoms with Crippen LogP contribution in [0.2, 0.25) is 5.02 Å². The fraction of sp³-hybridized carbons (Fsp3) is 0.562. The summed E-state index contributed by atoms with van der Waals surface area (Å²) in [6.45, 7) is 3.16. The van der Waals surface area contributed by atoms with Crippen LogP contribution in [0.5, 0.6) is 0 Å². The average Bonchev–Trinajstić information content (AvgIpc) is 2.84. The lowest BCUT2D eigenvalue weighted by atomic mass is 9.78. The number of guanidine groups is 1. The Kier molecular flexibility index (Phi) is 4.46. The van der Waals surface area contributed by atoms with Crippen molar-refractivity contribution in [3.05, 3.63) is 27.7 Å². The summed E-state index contributed by atoms with van der Waals surface area (Å²) < 4.78 is 0.900. The van der Waals surface area contributed by atoms with E-state index >= 15 is 0 Å². The molecule has 21 heavy (non-hydrogen) atoms. The SMILES string of the molecule is CC1CCCC(C2CN=C(N)N2c2ccc(Cl)c(Br)c2)C1. The molecule has 0 bridgehead atoms. The second kappa shape index (κ2) is 6.17. The van der Waals surface area contributed by atoms with Gasteiger partial charge in [0.1, 0.15) is 0 Å². The van der Waals surface area contributed by atoms with E-state index in [2.05, 4.69) is 32.7 Å². The second-order valence-corrected chi connectivity index (χ2v) is 7.53. The lowest BCUT2D eigenvalue weighted by molar-refractivity contribution is 0.253. The topological polar surface area (TPSA) is 41.6 Å². The minimum Gasteiger partial charge on any atom is -0.370 e. The van der Waals surface area contributed by atoms with E-state index in [9.17, 15) is 0 Å². The largest absolute Gasteiger partial charge is 0.370 e. The lowest BCUT2D eigenvalue weighted by Crippen LogP contribution is -2.45. The number of nitrogens with two attached hydrogens (primary N) is 1. The van der Waals surface area contributed by atoms with Crippen molar-refractivity contribution < 1.29 is 0 Å². The van der Waals surface area contributed by atoms with Crippen molar-refractivity contribution in [2.45, 2.75) is 38.6 Å². The van der Waals surface area contributed by atoms with Gasteiger partial charge in [-0.1, -0.05) is 31.4 Å². The zero-order valence-electron chi connectivity index (χ0n) is 12.2. The van der Waals surface area contributed by atoms with Gasteiger partial charge in [0.15, 0.2) is 5.96 Å². The Labute approximate surface area is 139 Å². The smallest absolute Gasteiger partial charge is 0.196 e. The van der Waals surface area contributed by atoms with Crippen molar-refractivity contribution in [1.82, 2.24) is 0 Å². The molecule has 3 atom stereocenters. The minimum atomic E-state index is 0.390. The molecule has 2 aliphatic rings. The van der Waals surface area contributed by atoms with Crippen molar-refractivity contribution in [2.75, 3.05) is 11.4 Å². The van der Waals surface area contributed by atoms with Gasteiger partial charge in [-0.25, -0.2) is 0 Å². The molecule has 1 heterocycles. The monoisotopic (exact) mass is 369 g/mol. The highest BCUT2D eigenvalue weighted by atomic mass is 79.9. The van der Waals surface area contributed by atoms with E-state index in [1.807, 2.05) is 18.2 Å². The molecular formula is C16H21BrClN3. The molecular weight excluding hydrogens is 350 g/mol. The standard InChI is InChI=1S/C16H21BrClN3/c1-10-3-2-4-11(7-10)15-9-20-16(19)21(15)12-5-6-14(18)13(17)8-12/h5-6,8,10-11,15H,2-4,7,9H2,1H3,(H2,19,20). The normalized spacial score (nSPS) is 29.6. The second-order valence-electron chi connectivity index (χ2n) is 6.27. The number of anilines is 1. The Morgan fingerprint density at radius 3 is 2.90 bits per heavy atom. The van der Waals surface area contributed by atoms with E-state index < -0.39 is 0 Å². The number of aliphatic imine (C=N–C) groups is 1. The summed E-state index contributed by atoms with van der Waals surface area (Å²) in [4.78, 5) is 6.70. The van der Waals surface area contributed by atoms with Crippen molar-refractivity contribution in [2.24, 2.45) is 22.6 Å². The summed E-state index contributed by atoms with van der Waals surface area (Å²) in [5, 5.41) is 0.719. The van der Waals surface area contributed by atoms with E-state index in [-0.39, 0.29) is 0 Å². The summed E-state index contributed by atoms with van der Waals surface area (Å²) in [5.41, 5.74) is 7.24. The van der Waals surface area contributed by atoms with E-state index in [4.69, 9.17) is 17.3 Å². The zero-order chi connectivity index (χ0) is 15.0. The van der Waals surface area contributed by atoms with Crippen molar-refractivity contribution in [1.29, 1.82) is 0 Å². The van der Waals surface area contributed by atoms with Crippen LogP contribution in [0.25, 0.3) is 0 Å². The average molecular weight is 371 g/mol. The molecule has 0 radical (unpaired) electrons. The van der Waals surface area contributed by atoms with Gasteiger partial charge in [-0.2, -0.15) is 0 Å². The molecule has 3 unspecified atom stereocenters. The summed E-state index contributed by atoms with van der Waals surface area (Å²) in [6, 6.07) is 6.36. The van der Waals surface area contributed by atoms with E-state index in [0.717, 1.165) is 27.6 Å². The minimum absolute atomic E-state index is 0.390. The number of halogens is 2. The predicted molar refractivity (Wildman–Crippen MR) is 93.0 cm³/mol. The molecule has 1 aromatic rings. The highest BCUT2D eigenvalue weighted by Gasteiger charge is 2.36. The fourth-order valence-corrected chi connectivity index (χ4v) is 4.15. The Hall–Kier alpha value is -0.740. The number of benzene rings is 1. The molecule has 1 aliphatic carbocycles. The van der Waals surface area contributed by atoms with Gasteiger partial charge in [0, 0.05) is 10.2 Å². The van der Waals surface area contributed by atoms with Gasteiger partial charge in [0.05, 0.1) is 17.6 Å². The van der Waals surface area contributed by atoms with Gasteiger partial charge >= 0.3 is 0 Å². The number of hydrogen-bond donors (Lipinski definition) is 1. The number of nitrogens with zero attached hydrogens (tertiary/aromatic N) is 2. The van der Waals surface area contributed by atoms with Crippen molar-refractivity contribution in [3.8, 4) is 0 Å². The highest BCUT2D eigenvalue weighted by Crippen LogP contribution is 2.37. The molecule has 1 saturated carbocycles. The Morgan fingerprint density at radius 1 is 1.38 bits per heavy atom. The van der Waals surface area contributed by atoms with Gasteiger partial charge in [-0.05, 0) is 58.8 Å². The fourth-order valence-electron chi connectivity index (χ4n) is 3.66. The van der Waals surface area contributed by atoms with E-state index in [1.165, 1.54) is 25.7 Å². The molecule has 3 rings (SSSR count). The Morgan fingerprint density at radius 2 is 2.19 bits per heavy atom. The Bertz CT molecular complexity index is 560. The van der Waals surface area contributed by atoms with Gasteiger partial charge in [0.2, 0.25) is 0 Å². The zero-order valence-corrected chi connectivity index (χ0v) is 14.6. The Balaban J connectivity index is 1.86. The quantitative estimate of drug-likeness (QED) is 0.836. The van der Waals surface area contributed by atoms with Crippen molar-refractivity contribution >= 4 is 39.2 Å². The number of hydrogen-bond acceptors (Lipinski definition) is 3. The van der Waals surface area contributed by atoms with Gasteiger partial charge < -0.3 is 10.6 Å². The van der Waals surface area contributed by atoms with Crippen LogP contribution in [-0.2, 0) is 0 Å². The van der Waals surface area contributed by atoms with Crippen LogP contribution in [0.3, 0.4) is 0 Å². The van der Waals surface area contributed by atoms with Crippen molar-refractivity contribution in [3.63, 3.8) is 0 Å². The molecule has 0 saturated heterocycles. The summed E-state index contributed by atoms with van der Waals surface area (Å²) >= 11 is 9.60. The molecule has 3 nitrogen and oxygen atoms in total. The van der Waals surface area contributed by atoms with Gasteiger partial charge in [-0.15, -0.1) is 0 Å². The molecule has 1 aliphatic heterocycles. The summed E-state index contributed by atoms with van der Waals surface area (Å²) in [5.74, 6) is 2.12. The maximum Gasteiger partial charge on any atom is 0.196 e. The first-order valence-electron chi connectivity index (χ1n) is 7.60. The third-order valence-electron chi connectivity index (χ3n) is 4.72. The summed E-state index contributed by atoms with van der Waals surface area (Å²) in [7, 11) is 0. The predicted octanol–water partition coefficient (Wildman–Crippen LogP) is 4.43. The molecule has 0 aromatic heterocycles. The maximum absolute atomic E-state index is 6.16. The van der Waals surface area contributed by atoms with Crippen LogP contribution < -0.4 is 10.6 Å². The third-order valence-corrected chi connectivity index (χ3v) is 5.94. The summed E-state index contributed by atoms with van der Waals surface area (Å²) in [6.07, 6.45) is 5.23. The van der Waals surface area contributed by atoms with E-state index in [0.29, 0.717) is 17.9 Å². The first-order valence-corrected chi connectivity index (χ1v) is 8.77. The third kappa shape index (κ3) is 3.07. The van der Waals surface area contributed by atoms with E-state index in [1.54, 1.807) is 0 Å². The maximum atomic E-state index is 6.16. The highest BCUT2D eigenvalue weighted by molar-refractivity contribution is 9.10.